The van der Waals surface area contributed by atoms with Crippen molar-refractivity contribution in [1.82, 2.24) is 9.80 Å². The first-order valence-corrected chi connectivity index (χ1v) is 15.1. The smallest absolute Gasteiger partial charge is 0.259 e. The van der Waals surface area contributed by atoms with Crippen molar-refractivity contribution >= 4 is 28.8 Å². The molecule has 1 saturated carbocycles. The van der Waals surface area contributed by atoms with Crippen LogP contribution in [-0.2, 0) is 16.0 Å². The van der Waals surface area contributed by atoms with Crippen molar-refractivity contribution in [3.05, 3.63) is 58.9 Å². The Labute approximate surface area is 235 Å². The highest BCUT2D eigenvalue weighted by Gasteiger charge is 2.43. The predicted molar refractivity (Wildman–Crippen MR) is 147 cm³/mol. The number of carbonyl (C=O) groups excluding carboxylic acids is 2. The van der Waals surface area contributed by atoms with Crippen molar-refractivity contribution in [2.75, 3.05) is 50.7 Å². The fourth-order valence-corrected chi connectivity index (χ4v) is 6.47. The molecular weight excluding hydrogens is 537 g/mol. The zero-order valence-electron chi connectivity index (χ0n) is 22.2. The van der Waals surface area contributed by atoms with Crippen LogP contribution < -0.4 is 9.46 Å². The predicted octanol–water partition coefficient (Wildman–Crippen LogP) is 3.90. The molecule has 9 nitrogen and oxygen atoms in total. The molecule has 0 bridgehead atoms. The third-order valence-electron chi connectivity index (χ3n) is 8.52. The highest BCUT2D eigenvalue weighted by molar-refractivity contribution is 7.80. The maximum Gasteiger partial charge on any atom is 0.259 e. The summed E-state index contributed by atoms with van der Waals surface area (Å²) in [6.07, 6.45) is 4.25. The first-order valence-electron chi connectivity index (χ1n) is 13.9. The van der Waals surface area contributed by atoms with E-state index >= 15 is 0 Å². The molecule has 2 amide bonds. The molecule has 4 fully saturated rings. The summed E-state index contributed by atoms with van der Waals surface area (Å²) in [5, 5.41) is 0. The average molecular weight is 572 g/mol. The van der Waals surface area contributed by atoms with Crippen LogP contribution in [0.2, 0.25) is 0 Å². The fourth-order valence-electron chi connectivity index (χ4n) is 6.14. The summed E-state index contributed by atoms with van der Waals surface area (Å²) in [5.74, 6) is 0.797. The Kier molecular flexibility index (Phi) is 7.78. The van der Waals surface area contributed by atoms with E-state index in [9.17, 15) is 18.2 Å². The monoisotopic (exact) mass is 571 g/mol. The highest BCUT2D eigenvalue weighted by Crippen LogP contribution is 2.42. The molecule has 0 radical (unpaired) electrons. The highest BCUT2D eigenvalue weighted by atomic mass is 32.2. The Morgan fingerprint density at radius 1 is 0.975 bits per heavy atom. The molecule has 0 aromatic heterocycles. The number of likely N-dealkylation sites (tertiary alicyclic amines) is 2. The number of hydrogen-bond donors (Lipinski definition) is 2. The van der Waals surface area contributed by atoms with E-state index in [0.717, 1.165) is 56.3 Å². The molecule has 2 aromatic carbocycles. The number of fused-ring (bicyclic) bond motifs is 1. The van der Waals surface area contributed by atoms with E-state index in [1.165, 1.54) is 12.1 Å². The van der Waals surface area contributed by atoms with Crippen molar-refractivity contribution < 1.29 is 32.2 Å². The fraction of sp³-hybridized carbons (Fsp3) is 0.517. The zero-order chi connectivity index (χ0) is 27.8. The molecule has 3 heterocycles. The van der Waals surface area contributed by atoms with Gasteiger partial charge in [-0.25, -0.2) is 8.60 Å². The van der Waals surface area contributed by atoms with E-state index in [0.29, 0.717) is 50.2 Å². The van der Waals surface area contributed by atoms with Crippen molar-refractivity contribution in [3.8, 4) is 5.75 Å². The van der Waals surface area contributed by atoms with E-state index in [1.807, 2.05) is 17.0 Å². The summed E-state index contributed by atoms with van der Waals surface area (Å²) in [4.78, 5) is 30.2. The number of benzene rings is 2. The van der Waals surface area contributed by atoms with Crippen molar-refractivity contribution in [2.24, 2.45) is 17.8 Å². The van der Waals surface area contributed by atoms with Crippen LogP contribution >= 0.6 is 0 Å². The quantitative estimate of drug-likeness (QED) is 0.466. The lowest BCUT2D eigenvalue weighted by atomic mass is 10.0. The summed E-state index contributed by atoms with van der Waals surface area (Å²) in [6, 6.07) is 9.73. The topological polar surface area (TPSA) is 108 Å². The first-order chi connectivity index (χ1) is 19.3. The van der Waals surface area contributed by atoms with Gasteiger partial charge in [-0.05, 0) is 79.5 Å². The van der Waals surface area contributed by atoms with Gasteiger partial charge in [0, 0.05) is 56.8 Å². The number of nitrogens with zero attached hydrogens (tertiary/aromatic N) is 2. The summed E-state index contributed by atoms with van der Waals surface area (Å²) >= 11 is -2.33. The van der Waals surface area contributed by atoms with Crippen molar-refractivity contribution in [3.63, 3.8) is 0 Å². The number of halogens is 1. The Morgan fingerprint density at radius 2 is 1.65 bits per heavy atom. The second kappa shape index (κ2) is 11.5. The lowest BCUT2D eigenvalue weighted by molar-refractivity contribution is 0.0497. The maximum atomic E-state index is 14.6. The number of ether oxygens (including phenoxy) is 2. The van der Waals surface area contributed by atoms with Crippen LogP contribution in [0.3, 0.4) is 0 Å². The van der Waals surface area contributed by atoms with E-state index in [4.69, 9.17) is 14.0 Å². The van der Waals surface area contributed by atoms with Crippen LogP contribution in [0, 0.1) is 23.6 Å². The number of nitrogens with one attached hydrogen (secondary N) is 1. The van der Waals surface area contributed by atoms with Crippen LogP contribution in [0.15, 0.2) is 36.4 Å². The SMILES string of the molecule is O=C(c1cc(OCC2CCOCC2)cc(C2CC2)c1)N1CC2CN(C(=O)c3ccc(NS(=O)O)cc3F)C[C@H]2C1. The molecule has 3 saturated heterocycles. The largest absolute Gasteiger partial charge is 0.493 e. The van der Waals surface area contributed by atoms with Gasteiger partial charge in [-0.3, -0.25) is 18.9 Å². The molecule has 6 rings (SSSR count). The van der Waals surface area contributed by atoms with Crippen molar-refractivity contribution in [1.29, 1.82) is 0 Å². The number of rotatable bonds is 8. The van der Waals surface area contributed by atoms with E-state index in [1.54, 1.807) is 4.90 Å². The molecule has 2 aromatic rings. The Bertz CT molecular complexity index is 1300. The van der Waals surface area contributed by atoms with Gasteiger partial charge in [-0.2, -0.15) is 0 Å². The third-order valence-corrected chi connectivity index (χ3v) is 8.93. The number of amides is 2. The number of anilines is 1. The summed E-state index contributed by atoms with van der Waals surface area (Å²) < 4.78 is 48.3. The molecule has 3 aliphatic heterocycles. The molecule has 40 heavy (non-hydrogen) atoms. The molecule has 1 aliphatic carbocycles. The molecule has 4 aliphatic rings. The molecule has 2 N–H and O–H groups in total. The lowest BCUT2D eigenvalue weighted by Crippen LogP contribution is -2.36. The molecule has 3 atom stereocenters. The van der Waals surface area contributed by atoms with Gasteiger partial charge in [0.1, 0.15) is 11.6 Å². The van der Waals surface area contributed by atoms with Gasteiger partial charge >= 0.3 is 0 Å². The van der Waals surface area contributed by atoms with Crippen LogP contribution in [-0.4, -0.2) is 76.4 Å². The Morgan fingerprint density at radius 3 is 2.27 bits per heavy atom. The van der Waals surface area contributed by atoms with E-state index in [2.05, 4.69) is 10.8 Å². The van der Waals surface area contributed by atoms with E-state index < -0.39 is 23.0 Å². The molecule has 2 unspecified atom stereocenters. The summed E-state index contributed by atoms with van der Waals surface area (Å²) in [7, 11) is 0. The number of hydrogen-bond acceptors (Lipinski definition) is 5. The first kappa shape index (κ1) is 27.2. The molecular formula is C29H34FN3O6S. The molecule has 11 heteroatoms. The Hall–Kier alpha value is -3.02. The normalized spacial score (nSPS) is 23.6. The van der Waals surface area contributed by atoms with Crippen LogP contribution in [0.5, 0.6) is 5.75 Å². The minimum Gasteiger partial charge on any atom is -0.493 e. The van der Waals surface area contributed by atoms with Crippen LogP contribution in [0.25, 0.3) is 0 Å². The second-order valence-electron chi connectivity index (χ2n) is 11.4. The molecule has 214 valence electrons. The zero-order valence-corrected chi connectivity index (χ0v) is 23.0. The van der Waals surface area contributed by atoms with Gasteiger partial charge in [0.2, 0.25) is 0 Å². The van der Waals surface area contributed by atoms with Gasteiger partial charge < -0.3 is 19.3 Å². The average Bonchev–Trinajstić information content (AvgIpc) is 3.61. The van der Waals surface area contributed by atoms with Crippen molar-refractivity contribution in [2.45, 2.75) is 31.6 Å². The van der Waals surface area contributed by atoms with Gasteiger partial charge in [0.15, 0.2) is 0 Å². The van der Waals surface area contributed by atoms with Gasteiger partial charge in [-0.1, -0.05) is 0 Å². The second-order valence-corrected chi connectivity index (χ2v) is 12.1. The van der Waals surface area contributed by atoms with Gasteiger partial charge in [-0.15, -0.1) is 0 Å². The van der Waals surface area contributed by atoms with Gasteiger partial charge in [0.05, 0.1) is 17.9 Å². The Balaban J connectivity index is 1.09. The maximum absolute atomic E-state index is 14.6. The summed E-state index contributed by atoms with van der Waals surface area (Å²) in [5.41, 5.74) is 1.86. The van der Waals surface area contributed by atoms with E-state index in [-0.39, 0.29) is 29.0 Å². The minimum atomic E-state index is -2.33. The molecule has 0 spiro atoms. The number of carbonyl (C=O) groups is 2. The lowest BCUT2D eigenvalue weighted by Gasteiger charge is -2.24. The van der Waals surface area contributed by atoms with Crippen LogP contribution in [0.1, 0.15) is 57.9 Å². The van der Waals surface area contributed by atoms with Crippen LogP contribution in [0.4, 0.5) is 10.1 Å². The standard InChI is InChI=1S/C29H34FN3O6S/c30-27-12-24(31-40(36)37)3-4-26(27)29(35)33-15-22-13-32(14-23(22)16-33)28(34)21-9-20(19-1-2-19)10-25(11-21)39-17-18-5-7-38-8-6-18/h3-4,9-12,18-19,22-23,31H,1-2,5-8,13-17H2,(H,36,37)/t22-,23?/m1/s1. The minimum absolute atomic E-state index is 0.0129. The summed E-state index contributed by atoms with van der Waals surface area (Å²) in [6.45, 7) is 4.17. The third kappa shape index (κ3) is 6.01. The van der Waals surface area contributed by atoms with Gasteiger partial charge in [0.25, 0.3) is 23.1 Å².